The lowest BCUT2D eigenvalue weighted by molar-refractivity contribution is 0.0643. The first-order valence-corrected chi connectivity index (χ1v) is 6.45. The van der Waals surface area contributed by atoms with E-state index in [4.69, 9.17) is 10.5 Å². The Morgan fingerprint density at radius 2 is 2.38 bits per heavy atom. The normalized spacial score (nSPS) is 22.1. The quantitative estimate of drug-likeness (QED) is 0.857. The van der Waals surface area contributed by atoms with Crippen LogP contribution >= 0.6 is 11.3 Å². The Morgan fingerprint density at radius 1 is 1.62 bits per heavy atom. The lowest BCUT2D eigenvalue weighted by Gasteiger charge is -2.42. The van der Waals surface area contributed by atoms with Crippen LogP contribution in [0.1, 0.15) is 32.5 Å². The van der Waals surface area contributed by atoms with Crippen molar-refractivity contribution in [1.82, 2.24) is 4.98 Å². The van der Waals surface area contributed by atoms with Crippen LogP contribution in [0.4, 0.5) is 5.13 Å². The zero-order valence-corrected chi connectivity index (χ0v) is 10.9. The third kappa shape index (κ3) is 2.21. The van der Waals surface area contributed by atoms with Crippen LogP contribution in [0.25, 0.3) is 0 Å². The first-order chi connectivity index (χ1) is 7.50. The van der Waals surface area contributed by atoms with Crippen molar-refractivity contribution >= 4 is 16.5 Å². The van der Waals surface area contributed by atoms with Crippen molar-refractivity contribution in [3.05, 3.63) is 11.1 Å². The summed E-state index contributed by atoms with van der Waals surface area (Å²) in [5.74, 6) is 0. The van der Waals surface area contributed by atoms with Gasteiger partial charge in [-0.05, 0) is 20.8 Å². The highest BCUT2D eigenvalue weighted by molar-refractivity contribution is 7.13. The van der Waals surface area contributed by atoms with Crippen LogP contribution in [0.2, 0.25) is 0 Å². The van der Waals surface area contributed by atoms with Crippen LogP contribution in [-0.4, -0.2) is 30.3 Å². The van der Waals surface area contributed by atoms with E-state index in [0.29, 0.717) is 0 Å². The number of rotatable bonds is 2. The van der Waals surface area contributed by atoms with Crippen molar-refractivity contribution in [3.8, 4) is 0 Å². The molecule has 1 aliphatic heterocycles. The fraction of sp³-hybridized carbons (Fsp3) is 0.727. The lowest BCUT2D eigenvalue weighted by Crippen LogP contribution is -2.53. The zero-order valence-electron chi connectivity index (χ0n) is 10.1. The molecule has 0 aromatic carbocycles. The van der Waals surface area contributed by atoms with Gasteiger partial charge in [-0.25, -0.2) is 4.98 Å². The highest BCUT2D eigenvalue weighted by Gasteiger charge is 2.32. The third-order valence-corrected chi connectivity index (χ3v) is 3.73. The van der Waals surface area contributed by atoms with Gasteiger partial charge in [0.1, 0.15) is 0 Å². The van der Waals surface area contributed by atoms with Crippen molar-refractivity contribution in [2.75, 3.05) is 24.7 Å². The van der Waals surface area contributed by atoms with Gasteiger partial charge in [-0.3, -0.25) is 0 Å². The molecule has 0 amide bonds. The van der Waals surface area contributed by atoms with E-state index in [-0.39, 0.29) is 11.6 Å². The van der Waals surface area contributed by atoms with E-state index in [0.717, 1.165) is 30.6 Å². The second-order valence-corrected chi connectivity index (χ2v) is 5.70. The number of thiazole rings is 1. The van der Waals surface area contributed by atoms with E-state index in [2.05, 4.69) is 23.7 Å². The van der Waals surface area contributed by atoms with Gasteiger partial charge in [0.2, 0.25) is 0 Å². The molecule has 2 heterocycles. The number of morpholine rings is 1. The Morgan fingerprint density at radius 3 is 2.94 bits per heavy atom. The summed E-state index contributed by atoms with van der Waals surface area (Å²) < 4.78 is 5.50. The smallest absolute Gasteiger partial charge is 0.186 e. The minimum absolute atomic E-state index is 0.00847. The molecule has 0 saturated carbocycles. The maximum Gasteiger partial charge on any atom is 0.186 e. The minimum Gasteiger partial charge on any atom is -0.377 e. The molecule has 90 valence electrons. The van der Waals surface area contributed by atoms with Crippen LogP contribution in [0, 0.1) is 0 Å². The molecule has 1 unspecified atom stereocenters. The second-order valence-electron chi connectivity index (χ2n) is 4.86. The molecule has 1 atom stereocenters. The molecule has 1 aromatic rings. The number of nitrogens with zero attached hydrogens (tertiary/aromatic N) is 2. The van der Waals surface area contributed by atoms with E-state index < -0.39 is 0 Å². The van der Waals surface area contributed by atoms with Crippen LogP contribution in [-0.2, 0) is 4.74 Å². The van der Waals surface area contributed by atoms with E-state index in [9.17, 15) is 0 Å². The Hall–Kier alpha value is -0.650. The van der Waals surface area contributed by atoms with E-state index in [1.807, 2.05) is 12.3 Å². The number of hydrogen-bond donors (Lipinski definition) is 1. The maximum atomic E-state index is 5.83. The average Bonchev–Trinajstić information content (AvgIpc) is 2.65. The second kappa shape index (κ2) is 4.31. The van der Waals surface area contributed by atoms with Gasteiger partial charge in [-0.1, -0.05) is 0 Å². The van der Waals surface area contributed by atoms with Gasteiger partial charge in [-0.15, -0.1) is 11.3 Å². The van der Waals surface area contributed by atoms with Crippen LogP contribution in [0.5, 0.6) is 0 Å². The van der Waals surface area contributed by atoms with E-state index >= 15 is 0 Å². The summed E-state index contributed by atoms with van der Waals surface area (Å²) in [5.41, 5.74) is 6.82. The van der Waals surface area contributed by atoms with Crippen molar-refractivity contribution in [2.45, 2.75) is 32.4 Å². The predicted octanol–water partition coefficient (Wildman–Crippen LogP) is 1.78. The van der Waals surface area contributed by atoms with Crippen molar-refractivity contribution in [3.63, 3.8) is 0 Å². The van der Waals surface area contributed by atoms with Gasteiger partial charge < -0.3 is 15.4 Å². The average molecular weight is 241 g/mol. The summed E-state index contributed by atoms with van der Waals surface area (Å²) in [6.45, 7) is 8.75. The summed E-state index contributed by atoms with van der Waals surface area (Å²) >= 11 is 1.67. The van der Waals surface area contributed by atoms with Crippen LogP contribution < -0.4 is 10.6 Å². The number of hydrogen-bond acceptors (Lipinski definition) is 5. The third-order valence-electron chi connectivity index (χ3n) is 2.85. The first kappa shape index (κ1) is 11.8. The van der Waals surface area contributed by atoms with Crippen molar-refractivity contribution in [2.24, 2.45) is 5.73 Å². The summed E-state index contributed by atoms with van der Waals surface area (Å²) in [6, 6.07) is 0.00847. The van der Waals surface area contributed by atoms with Gasteiger partial charge in [0.15, 0.2) is 5.13 Å². The molecule has 0 aliphatic carbocycles. The van der Waals surface area contributed by atoms with Crippen LogP contribution in [0.15, 0.2) is 5.38 Å². The molecule has 1 saturated heterocycles. The van der Waals surface area contributed by atoms with Gasteiger partial charge >= 0.3 is 0 Å². The summed E-state index contributed by atoms with van der Waals surface area (Å²) in [4.78, 5) is 6.91. The Labute approximate surface area is 100 Å². The number of ether oxygens (including phenoxy) is 1. The molecular weight excluding hydrogens is 222 g/mol. The highest BCUT2D eigenvalue weighted by Crippen LogP contribution is 2.30. The van der Waals surface area contributed by atoms with Crippen LogP contribution in [0.3, 0.4) is 0 Å². The maximum absolute atomic E-state index is 5.83. The first-order valence-electron chi connectivity index (χ1n) is 5.57. The molecule has 0 bridgehead atoms. The summed E-state index contributed by atoms with van der Waals surface area (Å²) in [6.07, 6.45) is 0. The molecule has 1 aliphatic rings. The molecular formula is C11H19N3OS. The van der Waals surface area contributed by atoms with Gasteiger partial charge in [-0.2, -0.15) is 0 Å². The van der Waals surface area contributed by atoms with Crippen molar-refractivity contribution in [1.29, 1.82) is 0 Å². The summed E-state index contributed by atoms with van der Waals surface area (Å²) in [5, 5.41) is 3.10. The lowest BCUT2D eigenvalue weighted by atomic mass is 10.0. The summed E-state index contributed by atoms with van der Waals surface area (Å²) in [7, 11) is 0. The van der Waals surface area contributed by atoms with Gasteiger partial charge in [0, 0.05) is 18.0 Å². The molecule has 2 N–H and O–H groups in total. The molecule has 2 rings (SSSR count). The van der Waals surface area contributed by atoms with E-state index in [1.165, 1.54) is 0 Å². The Balaban J connectivity index is 2.21. The van der Waals surface area contributed by atoms with E-state index in [1.54, 1.807) is 11.3 Å². The van der Waals surface area contributed by atoms with Gasteiger partial charge in [0.25, 0.3) is 0 Å². The molecule has 16 heavy (non-hydrogen) atoms. The minimum atomic E-state index is 0.00847. The monoisotopic (exact) mass is 241 g/mol. The SMILES string of the molecule is CC(N)c1csc(N2CCOCC2(C)C)n1. The Kier molecular flexibility index (Phi) is 3.19. The van der Waals surface area contributed by atoms with Crippen molar-refractivity contribution < 1.29 is 4.74 Å². The standard InChI is InChI=1S/C11H19N3OS/c1-8(12)9-6-16-10(13-9)14-4-5-15-7-11(14,2)3/h6,8H,4-5,7,12H2,1-3H3. The molecule has 0 radical (unpaired) electrons. The number of nitrogens with two attached hydrogens (primary N) is 1. The molecule has 1 aromatic heterocycles. The largest absolute Gasteiger partial charge is 0.377 e. The molecule has 0 spiro atoms. The molecule has 5 heteroatoms. The number of aromatic nitrogens is 1. The topological polar surface area (TPSA) is 51.4 Å². The predicted molar refractivity (Wildman–Crippen MR) is 67.0 cm³/mol. The fourth-order valence-electron chi connectivity index (χ4n) is 1.82. The van der Waals surface area contributed by atoms with Gasteiger partial charge in [0.05, 0.1) is 24.4 Å². The highest BCUT2D eigenvalue weighted by atomic mass is 32.1. The zero-order chi connectivity index (χ0) is 11.8. The Bertz CT molecular complexity index is 362. The fourth-order valence-corrected chi connectivity index (χ4v) is 2.94. The number of anilines is 1. The molecule has 4 nitrogen and oxygen atoms in total. The molecule has 1 fully saturated rings.